The van der Waals surface area contributed by atoms with Crippen molar-refractivity contribution in [1.29, 1.82) is 0 Å². The van der Waals surface area contributed by atoms with E-state index in [0.29, 0.717) is 6.07 Å². The van der Waals surface area contributed by atoms with Gasteiger partial charge in [-0.25, -0.2) is 13.2 Å². The molecular weight excluding hydrogens is 403 g/mol. The Bertz CT molecular complexity index is 925. The lowest BCUT2D eigenvalue weighted by atomic mass is 9.99. The highest BCUT2D eigenvalue weighted by atomic mass is 19.2. The second kappa shape index (κ2) is 10.4. The van der Waals surface area contributed by atoms with E-state index in [1.54, 1.807) is 24.5 Å². The number of ether oxygens (including phenoxy) is 1. The molecule has 160 valence electrons. The Morgan fingerprint density at radius 1 is 1.03 bits per heavy atom. The molecule has 2 aromatic rings. The summed E-state index contributed by atoms with van der Waals surface area (Å²) in [5.41, 5.74) is 0.318. The Hall–Kier alpha value is -3.43. The third-order valence-corrected chi connectivity index (χ3v) is 4.16. The van der Waals surface area contributed by atoms with Gasteiger partial charge in [-0.05, 0) is 42.7 Å². The number of amides is 2. The van der Waals surface area contributed by atoms with E-state index in [4.69, 9.17) is 4.74 Å². The van der Waals surface area contributed by atoms with Crippen molar-refractivity contribution >= 4 is 23.5 Å². The maximum atomic E-state index is 13.5. The van der Waals surface area contributed by atoms with E-state index in [9.17, 15) is 27.6 Å². The van der Waals surface area contributed by atoms with Crippen LogP contribution in [0, 0.1) is 17.5 Å². The lowest BCUT2D eigenvalue weighted by molar-refractivity contribution is -0.155. The Morgan fingerprint density at radius 2 is 1.70 bits per heavy atom. The summed E-state index contributed by atoms with van der Waals surface area (Å²) >= 11 is 0. The Kier molecular flexibility index (Phi) is 7.90. The monoisotopic (exact) mass is 423 g/mol. The summed E-state index contributed by atoms with van der Waals surface area (Å²) < 4.78 is 44.6. The lowest BCUT2D eigenvalue weighted by Gasteiger charge is -2.16. The predicted octanol–water partition coefficient (Wildman–Crippen LogP) is 2.68. The first-order valence-electron chi connectivity index (χ1n) is 8.99. The Labute approximate surface area is 170 Å². The lowest BCUT2D eigenvalue weighted by Crippen LogP contribution is -2.40. The molecule has 0 saturated heterocycles. The molecule has 2 rings (SSSR count). The molecule has 7 nitrogen and oxygen atoms in total. The number of hydrogen-bond acceptors (Lipinski definition) is 5. The minimum absolute atomic E-state index is 0.0392. The molecule has 2 unspecified atom stereocenters. The zero-order valence-electron chi connectivity index (χ0n) is 16.2. The maximum Gasteiger partial charge on any atom is 0.307 e. The average Bonchev–Trinajstić information content (AvgIpc) is 2.72. The first-order valence-corrected chi connectivity index (χ1v) is 8.99. The molecule has 2 N–H and O–H groups in total. The topological polar surface area (TPSA) is 97.4 Å². The first kappa shape index (κ1) is 22.9. The van der Waals surface area contributed by atoms with Crippen LogP contribution in [0.15, 0.2) is 36.7 Å². The fraction of sp³-hybridized carbons (Fsp3) is 0.300. The minimum atomic E-state index is -1.72. The molecule has 1 aromatic carbocycles. The van der Waals surface area contributed by atoms with Gasteiger partial charge in [0.1, 0.15) is 0 Å². The quantitative estimate of drug-likeness (QED) is 0.503. The van der Waals surface area contributed by atoms with Crippen molar-refractivity contribution < 1.29 is 32.3 Å². The van der Waals surface area contributed by atoms with Gasteiger partial charge >= 0.3 is 5.97 Å². The van der Waals surface area contributed by atoms with Crippen molar-refractivity contribution in [2.45, 2.75) is 32.3 Å². The predicted molar refractivity (Wildman–Crippen MR) is 101 cm³/mol. The molecule has 0 aliphatic rings. The molecule has 0 radical (unpaired) electrons. The maximum absolute atomic E-state index is 13.5. The number of halogens is 3. The molecule has 10 heteroatoms. The van der Waals surface area contributed by atoms with Crippen LogP contribution >= 0.6 is 0 Å². The number of nitrogens with zero attached hydrogens (tertiary/aromatic N) is 1. The van der Waals surface area contributed by atoms with Crippen molar-refractivity contribution in [3.63, 3.8) is 0 Å². The zero-order chi connectivity index (χ0) is 22.3. The van der Waals surface area contributed by atoms with E-state index in [1.807, 2.05) is 12.2 Å². The third kappa shape index (κ3) is 6.29. The highest BCUT2D eigenvalue weighted by molar-refractivity contribution is 5.95. The highest BCUT2D eigenvalue weighted by Crippen LogP contribution is 2.20. The minimum Gasteiger partial charge on any atom is -0.453 e. The second-order valence-electron chi connectivity index (χ2n) is 6.51. The van der Waals surface area contributed by atoms with E-state index in [-0.39, 0.29) is 12.3 Å². The molecular formula is C20H20F3N3O4. The average molecular weight is 423 g/mol. The van der Waals surface area contributed by atoms with Gasteiger partial charge in [-0.1, -0.05) is 6.92 Å². The number of pyridine rings is 1. The molecule has 2 amide bonds. The molecule has 0 fully saturated rings. The fourth-order valence-corrected chi connectivity index (χ4v) is 2.49. The summed E-state index contributed by atoms with van der Waals surface area (Å²) in [5.74, 6) is -7.05. The second-order valence-corrected chi connectivity index (χ2v) is 6.51. The van der Waals surface area contributed by atoms with Crippen LogP contribution in [0.1, 0.15) is 31.7 Å². The largest absolute Gasteiger partial charge is 0.453 e. The van der Waals surface area contributed by atoms with Gasteiger partial charge in [0.15, 0.2) is 23.6 Å². The van der Waals surface area contributed by atoms with Crippen LogP contribution in [0.25, 0.3) is 0 Å². The summed E-state index contributed by atoms with van der Waals surface area (Å²) in [6.45, 7) is 2.56. The van der Waals surface area contributed by atoms with Gasteiger partial charge in [-0.2, -0.15) is 0 Å². The molecule has 0 saturated carbocycles. The molecule has 0 spiro atoms. The highest BCUT2D eigenvalue weighted by Gasteiger charge is 2.21. The van der Waals surface area contributed by atoms with Gasteiger partial charge in [0, 0.05) is 12.4 Å². The van der Waals surface area contributed by atoms with E-state index >= 15 is 0 Å². The van der Waals surface area contributed by atoms with Gasteiger partial charge in [-0.15, -0.1) is 0 Å². The van der Waals surface area contributed by atoms with Crippen LogP contribution in [0.2, 0.25) is 0 Å². The van der Waals surface area contributed by atoms with Gasteiger partial charge in [0.25, 0.3) is 5.91 Å². The SMILES string of the molecule is CC(OC(=O)CC(C)c1ccncc1)C(=O)NCC(=O)Nc1ccc(F)c(F)c1F. The van der Waals surface area contributed by atoms with Crippen molar-refractivity contribution in [3.05, 3.63) is 59.7 Å². The van der Waals surface area contributed by atoms with Crippen LogP contribution < -0.4 is 10.6 Å². The number of benzene rings is 1. The van der Waals surface area contributed by atoms with Crippen LogP contribution in [-0.2, 0) is 19.1 Å². The molecule has 1 aromatic heterocycles. The van der Waals surface area contributed by atoms with E-state index in [0.717, 1.165) is 11.6 Å². The van der Waals surface area contributed by atoms with Crippen molar-refractivity contribution in [2.75, 3.05) is 11.9 Å². The van der Waals surface area contributed by atoms with Gasteiger partial charge in [0.05, 0.1) is 18.7 Å². The summed E-state index contributed by atoms with van der Waals surface area (Å²) in [7, 11) is 0. The van der Waals surface area contributed by atoms with Crippen molar-refractivity contribution in [3.8, 4) is 0 Å². The number of anilines is 1. The summed E-state index contributed by atoms with van der Waals surface area (Å²) in [6.07, 6.45) is 2.07. The molecule has 0 aliphatic carbocycles. The van der Waals surface area contributed by atoms with Crippen LogP contribution in [0.3, 0.4) is 0 Å². The third-order valence-electron chi connectivity index (χ3n) is 4.16. The molecule has 1 heterocycles. The first-order chi connectivity index (χ1) is 14.2. The van der Waals surface area contributed by atoms with Crippen LogP contribution in [0.4, 0.5) is 18.9 Å². The molecule has 2 atom stereocenters. The van der Waals surface area contributed by atoms with Gasteiger partial charge in [-0.3, -0.25) is 19.4 Å². The van der Waals surface area contributed by atoms with E-state index < -0.39 is 53.6 Å². The number of hydrogen-bond donors (Lipinski definition) is 2. The van der Waals surface area contributed by atoms with Gasteiger partial charge in [0.2, 0.25) is 5.91 Å². The van der Waals surface area contributed by atoms with Crippen molar-refractivity contribution in [1.82, 2.24) is 10.3 Å². The van der Waals surface area contributed by atoms with Crippen LogP contribution in [-0.4, -0.2) is 35.4 Å². The molecule has 30 heavy (non-hydrogen) atoms. The van der Waals surface area contributed by atoms with E-state index in [1.165, 1.54) is 6.92 Å². The standard InChI is InChI=1S/C20H20F3N3O4/c1-11(13-5-7-24-8-6-13)9-17(28)30-12(2)20(29)25-10-16(27)26-15-4-3-14(21)18(22)19(15)23/h3-8,11-12H,9-10H2,1-2H3,(H,25,29)(H,26,27). The smallest absolute Gasteiger partial charge is 0.307 e. The summed E-state index contributed by atoms with van der Waals surface area (Å²) in [5, 5.41) is 4.22. The number of rotatable bonds is 8. The number of esters is 1. The summed E-state index contributed by atoms with van der Waals surface area (Å²) in [4.78, 5) is 39.7. The van der Waals surface area contributed by atoms with E-state index in [2.05, 4.69) is 10.3 Å². The zero-order valence-corrected chi connectivity index (χ0v) is 16.2. The normalized spacial score (nSPS) is 12.6. The number of carbonyl (C=O) groups excluding carboxylic acids is 3. The number of nitrogens with one attached hydrogen (secondary N) is 2. The van der Waals surface area contributed by atoms with Crippen molar-refractivity contribution in [2.24, 2.45) is 0 Å². The molecule has 0 bridgehead atoms. The number of carbonyl (C=O) groups is 3. The Balaban J connectivity index is 1.79. The molecule has 0 aliphatic heterocycles. The fourth-order valence-electron chi connectivity index (χ4n) is 2.49. The summed E-state index contributed by atoms with van der Waals surface area (Å²) in [6, 6.07) is 5.04. The Morgan fingerprint density at radius 3 is 2.37 bits per heavy atom. The number of aromatic nitrogens is 1. The van der Waals surface area contributed by atoms with Gasteiger partial charge < -0.3 is 15.4 Å². The van der Waals surface area contributed by atoms with Crippen LogP contribution in [0.5, 0.6) is 0 Å².